The van der Waals surface area contributed by atoms with E-state index in [4.69, 9.17) is 4.74 Å². The Morgan fingerprint density at radius 3 is 2.29 bits per heavy atom. The van der Waals surface area contributed by atoms with E-state index in [1.807, 2.05) is 43.7 Å². The number of ether oxygens (including phenoxy) is 1. The van der Waals surface area contributed by atoms with Crippen LogP contribution in [0.15, 0.2) is 59.8 Å². The van der Waals surface area contributed by atoms with Crippen LogP contribution >= 0.6 is 0 Å². The molecule has 2 aromatic carbocycles. The molecule has 2 heterocycles. The van der Waals surface area contributed by atoms with Crippen LogP contribution in [-0.4, -0.2) is 51.4 Å². The number of benzene rings is 2. The monoisotopic (exact) mass is 492 g/mol. The van der Waals surface area contributed by atoms with Crippen LogP contribution in [0, 0.1) is 17.8 Å². The van der Waals surface area contributed by atoms with Gasteiger partial charge in [-0.25, -0.2) is 18.4 Å². The molecule has 7 nitrogen and oxygen atoms in total. The summed E-state index contributed by atoms with van der Waals surface area (Å²) in [7, 11) is -1.28. The second kappa shape index (κ2) is 9.59. The molecule has 35 heavy (non-hydrogen) atoms. The highest BCUT2D eigenvalue weighted by atomic mass is 32.2. The van der Waals surface area contributed by atoms with Gasteiger partial charge in [-0.05, 0) is 66.3 Å². The smallest absolute Gasteiger partial charge is 0.225 e. The third-order valence-electron chi connectivity index (χ3n) is 7.23. The number of nitrogens with one attached hydrogen (secondary N) is 1. The highest BCUT2D eigenvalue weighted by Crippen LogP contribution is 2.52. The summed E-state index contributed by atoms with van der Waals surface area (Å²) in [6.45, 7) is 5.52. The second-order valence-corrected chi connectivity index (χ2v) is 11.6. The summed E-state index contributed by atoms with van der Waals surface area (Å²) < 4.78 is 29.8. The third kappa shape index (κ3) is 5.04. The Balaban J connectivity index is 1.21. The zero-order valence-electron chi connectivity index (χ0n) is 20.4. The molecule has 0 spiro atoms. The van der Waals surface area contributed by atoms with Crippen molar-refractivity contribution in [3.8, 4) is 16.9 Å². The summed E-state index contributed by atoms with van der Waals surface area (Å²) >= 11 is 0. The van der Waals surface area contributed by atoms with Crippen molar-refractivity contribution in [1.82, 2.24) is 15.3 Å². The van der Waals surface area contributed by atoms with Crippen LogP contribution in [0.4, 0.5) is 5.95 Å². The normalized spacial score (nSPS) is 21.1. The van der Waals surface area contributed by atoms with Gasteiger partial charge in [0.05, 0.1) is 11.5 Å². The van der Waals surface area contributed by atoms with Crippen LogP contribution in [0.5, 0.6) is 5.75 Å². The zero-order valence-corrected chi connectivity index (χ0v) is 21.3. The first-order valence-electron chi connectivity index (χ1n) is 12.1. The average Bonchev–Trinajstić information content (AvgIpc) is 3.31. The van der Waals surface area contributed by atoms with Gasteiger partial charge in [-0.3, -0.25) is 0 Å². The zero-order chi connectivity index (χ0) is 24.6. The molecule has 1 saturated carbocycles. The molecule has 1 aliphatic heterocycles. The van der Waals surface area contributed by atoms with Gasteiger partial charge in [0.1, 0.15) is 5.75 Å². The Morgan fingerprint density at radius 2 is 1.69 bits per heavy atom. The van der Waals surface area contributed by atoms with Crippen molar-refractivity contribution in [1.29, 1.82) is 0 Å². The molecule has 8 heteroatoms. The van der Waals surface area contributed by atoms with Crippen molar-refractivity contribution in [3.63, 3.8) is 0 Å². The van der Waals surface area contributed by atoms with E-state index in [1.165, 1.54) is 11.8 Å². The number of sulfone groups is 1. The third-order valence-corrected chi connectivity index (χ3v) is 8.36. The average molecular weight is 493 g/mol. The Kier molecular flexibility index (Phi) is 6.51. The SMILES string of the molecule is CCc1cnc(N2C[C@@H]3C(COc4ccc(-c5ccc(S(C)(=O)=O)cc5)cc4CNC)[C@@H]3C2)nc1. The fourth-order valence-corrected chi connectivity index (χ4v) is 5.69. The fourth-order valence-electron chi connectivity index (χ4n) is 5.06. The number of rotatable bonds is 9. The van der Waals surface area contributed by atoms with E-state index in [2.05, 4.69) is 33.2 Å². The predicted octanol–water partition coefficient (Wildman–Crippen LogP) is 3.59. The molecule has 184 valence electrons. The van der Waals surface area contributed by atoms with Gasteiger partial charge in [0.2, 0.25) is 5.95 Å². The maximum absolute atomic E-state index is 11.7. The molecule has 2 aliphatic rings. The summed E-state index contributed by atoms with van der Waals surface area (Å²) in [6, 6.07) is 13.2. The Hall–Kier alpha value is -2.97. The number of aromatic nitrogens is 2. The van der Waals surface area contributed by atoms with Crippen LogP contribution in [0.3, 0.4) is 0 Å². The standard InChI is InChI=1S/C27H32N4O3S/c1-4-18-12-29-27(30-13-18)31-15-23-24(16-31)25(23)17-34-26-10-7-20(11-21(26)14-28-2)19-5-8-22(9-6-19)35(3,32)33/h5-13,23-25,28H,4,14-17H2,1-3H3/t23-,24+,25?. The lowest BCUT2D eigenvalue weighted by Gasteiger charge is -2.20. The number of fused-ring (bicyclic) bond motifs is 1. The molecule has 1 saturated heterocycles. The fraction of sp³-hybridized carbons (Fsp3) is 0.407. The molecule has 1 aromatic heterocycles. The minimum Gasteiger partial charge on any atom is -0.493 e. The van der Waals surface area contributed by atoms with E-state index in [0.29, 0.717) is 29.2 Å². The van der Waals surface area contributed by atoms with Crippen molar-refractivity contribution in [2.24, 2.45) is 17.8 Å². The van der Waals surface area contributed by atoms with Crippen molar-refractivity contribution in [2.75, 3.05) is 37.9 Å². The van der Waals surface area contributed by atoms with Crippen molar-refractivity contribution in [2.45, 2.75) is 24.8 Å². The molecule has 3 atom stereocenters. The van der Waals surface area contributed by atoms with Crippen LogP contribution in [0.25, 0.3) is 11.1 Å². The molecule has 5 rings (SSSR count). The van der Waals surface area contributed by atoms with Crippen LogP contribution in [0.1, 0.15) is 18.1 Å². The van der Waals surface area contributed by atoms with E-state index in [-0.39, 0.29) is 0 Å². The molecule has 0 radical (unpaired) electrons. The molecule has 2 fully saturated rings. The number of nitrogens with zero attached hydrogens (tertiary/aromatic N) is 3. The van der Waals surface area contributed by atoms with Crippen molar-refractivity contribution >= 4 is 15.8 Å². The molecule has 1 N–H and O–H groups in total. The minimum atomic E-state index is -3.20. The maximum atomic E-state index is 11.7. The topological polar surface area (TPSA) is 84.4 Å². The molecule has 0 bridgehead atoms. The van der Waals surface area contributed by atoms with Gasteiger partial charge < -0.3 is 15.0 Å². The predicted molar refractivity (Wildman–Crippen MR) is 137 cm³/mol. The molecule has 3 aromatic rings. The summed E-state index contributed by atoms with van der Waals surface area (Å²) in [6.07, 6.45) is 6.04. The van der Waals surface area contributed by atoms with Crippen LogP contribution in [-0.2, 0) is 22.8 Å². The van der Waals surface area contributed by atoms with Gasteiger partial charge in [0.15, 0.2) is 9.84 Å². The first-order valence-corrected chi connectivity index (χ1v) is 14.0. The molecule has 1 unspecified atom stereocenters. The van der Waals surface area contributed by atoms with E-state index in [0.717, 1.165) is 54.5 Å². The number of piperidine rings is 1. The first kappa shape index (κ1) is 23.8. The minimum absolute atomic E-state index is 0.328. The van der Waals surface area contributed by atoms with Gasteiger partial charge >= 0.3 is 0 Å². The lowest BCUT2D eigenvalue weighted by molar-refractivity contribution is 0.280. The van der Waals surface area contributed by atoms with Crippen LogP contribution < -0.4 is 15.0 Å². The molecular weight excluding hydrogens is 460 g/mol. The quantitative estimate of drug-likeness (QED) is 0.489. The first-order chi connectivity index (χ1) is 16.9. The Bertz CT molecular complexity index is 1280. The highest BCUT2D eigenvalue weighted by Gasteiger charge is 2.56. The number of aryl methyl sites for hydroxylation is 1. The van der Waals surface area contributed by atoms with E-state index in [9.17, 15) is 8.42 Å². The molecule has 1 aliphatic carbocycles. The van der Waals surface area contributed by atoms with Crippen molar-refractivity contribution < 1.29 is 13.2 Å². The van der Waals surface area contributed by atoms with Gasteiger partial charge in [-0.1, -0.05) is 25.1 Å². The van der Waals surface area contributed by atoms with E-state index >= 15 is 0 Å². The number of hydrogen-bond donors (Lipinski definition) is 1. The summed E-state index contributed by atoms with van der Waals surface area (Å²) in [4.78, 5) is 11.7. The second-order valence-electron chi connectivity index (χ2n) is 9.60. The summed E-state index contributed by atoms with van der Waals surface area (Å²) in [5.74, 6) is 3.60. The summed E-state index contributed by atoms with van der Waals surface area (Å²) in [5, 5.41) is 3.23. The van der Waals surface area contributed by atoms with Gasteiger partial charge in [0.25, 0.3) is 0 Å². The summed E-state index contributed by atoms with van der Waals surface area (Å²) in [5.41, 5.74) is 4.27. The Morgan fingerprint density at radius 1 is 1.03 bits per heavy atom. The molecule has 0 amide bonds. The van der Waals surface area contributed by atoms with E-state index < -0.39 is 9.84 Å². The van der Waals surface area contributed by atoms with Crippen LogP contribution in [0.2, 0.25) is 0 Å². The molecular formula is C27H32N4O3S. The number of hydrogen-bond acceptors (Lipinski definition) is 7. The van der Waals surface area contributed by atoms with E-state index in [1.54, 1.807) is 12.1 Å². The maximum Gasteiger partial charge on any atom is 0.225 e. The number of anilines is 1. The van der Waals surface area contributed by atoms with Gasteiger partial charge in [0, 0.05) is 49.8 Å². The highest BCUT2D eigenvalue weighted by molar-refractivity contribution is 7.90. The lowest BCUT2D eigenvalue weighted by atomic mass is 10.0. The lowest BCUT2D eigenvalue weighted by Crippen LogP contribution is -2.27. The largest absolute Gasteiger partial charge is 0.493 e. The van der Waals surface area contributed by atoms with Crippen molar-refractivity contribution in [3.05, 3.63) is 66.0 Å². The van der Waals surface area contributed by atoms with Gasteiger partial charge in [-0.2, -0.15) is 0 Å². The Labute approximate surface area is 207 Å². The van der Waals surface area contributed by atoms with Gasteiger partial charge in [-0.15, -0.1) is 0 Å².